The van der Waals surface area contributed by atoms with Crippen LogP contribution in [0.4, 0.5) is 5.82 Å². The summed E-state index contributed by atoms with van der Waals surface area (Å²) in [5, 5.41) is 3.19. The van der Waals surface area contributed by atoms with Gasteiger partial charge in [-0.15, -0.1) is 6.58 Å². The molecule has 7 heteroatoms. The van der Waals surface area contributed by atoms with Crippen molar-refractivity contribution in [1.82, 2.24) is 9.97 Å². The predicted molar refractivity (Wildman–Crippen MR) is 103 cm³/mol. The number of amides is 1. The molecule has 1 atom stereocenters. The Hall–Kier alpha value is -2.54. The molecule has 2 N–H and O–H groups in total. The molecule has 1 amide bonds. The normalized spacial score (nSPS) is 16.1. The third-order valence-corrected chi connectivity index (χ3v) is 4.79. The summed E-state index contributed by atoms with van der Waals surface area (Å²) in [7, 11) is 0. The van der Waals surface area contributed by atoms with E-state index in [0.717, 1.165) is 11.3 Å². The van der Waals surface area contributed by atoms with E-state index in [2.05, 4.69) is 21.9 Å². The Bertz CT molecular complexity index is 875. The minimum absolute atomic E-state index is 0.0839. The molecule has 0 aliphatic carbocycles. The molecular weight excluding hydrogens is 350 g/mol. The Kier molecular flexibility index (Phi) is 5.46. The largest absolute Gasteiger partial charge is 0.491 e. The molecule has 1 aliphatic rings. The van der Waals surface area contributed by atoms with Gasteiger partial charge in [0.2, 0.25) is 5.91 Å². The van der Waals surface area contributed by atoms with E-state index >= 15 is 0 Å². The first-order chi connectivity index (χ1) is 12.5. The summed E-state index contributed by atoms with van der Waals surface area (Å²) in [6, 6.07) is 7.50. The number of nitrogens with zero attached hydrogens (tertiary/aromatic N) is 1. The zero-order valence-corrected chi connectivity index (χ0v) is 15.6. The van der Waals surface area contributed by atoms with Gasteiger partial charge in [0.15, 0.2) is 5.16 Å². The molecule has 2 aromatic rings. The molecule has 0 spiro atoms. The highest BCUT2D eigenvalue weighted by Gasteiger charge is 2.30. The van der Waals surface area contributed by atoms with E-state index in [4.69, 9.17) is 4.74 Å². The molecule has 3 rings (SSSR count). The molecule has 0 saturated heterocycles. The standard InChI is InChI=1S/C19H21N3O3S/c1-4-9-26-19-21-17-16(18(24)22-19)14(10-15(23)20-17)12-5-7-13(8-6-12)25-11(2)3/h4-8,11,14H,1,9-10H2,2-3H3,(H2,20,21,22,23,24)/t14-/m1/s1. The van der Waals surface area contributed by atoms with Gasteiger partial charge < -0.3 is 15.0 Å². The fourth-order valence-electron chi connectivity index (χ4n) is 2.89. The number of ether oxygens (including phenoxy) is 1. The molecule has 136 valence electrons. The van der Waals surface area contributed by atoms with Crippen LogP contribution in [0.3, 0.4) is 0 Å². The highest BCUT2D eigenvalue weighted by atomic mass is 32.2. The molecule has 26 heavy (non-hydrogen) atoms. The lowest BCUT2D eigenvalue weighted by Crippen LogP contribution is -2.31. The number of fused-ring (bicyclic) bond motifs is 1. The molecule has 0 radical (unpaired) electrons. The molecule has 0 fully saturated rings. The van der Waals surface area contributed by atoms with Crippen LogP contribution < -0.4 is 15.6 Å². The number of nitrogens with one attached hydrogen (secondary N) is 2. The summed E-state index contributed by atoms with van der Waals surface area (Å²) >= 11 is 1.36. The Morgan fingerprint density at radius 2 is 2.08 bits per heavy atom. The monoisotopic (exact) mass is 371 g/mol. The number of carbonyl (C=O) groups is 1. The third kappa shape index (κ3) is 3.99. The highest BCUT2D eigenvalue weighted by molar-refractivity contribution is 7.99. The van der Waals surface area contributed by atoms with Crippen LogP contribution in [-0.2, 0) is 4.79 Å². The predicted octanol–water partition coefficient (Wildman–Crippen LogP) is 3.31. The maximum Gasteiger partial charge on any atom is 0.257 e. The van der Waals surface area contributed by atoms with Crippen LogP contribution in [0.5, 0.6) is 5.75 Å². The maximum atomic E-state index is 12.6. The van der Waals surface area contributed by atoms with Crippen LogP contribution in [0, 0.1) is 0 Å². The summed E-state index contributed by atoms with van der Waals surface area (Å²) in [6.07, 6.45) is 2.02. The summed E-state index contributed by atoms with van der Waals surface area (Å²) in [5.74, 6) is 1.23. The molecule has 0 saturated carbocycles. The van der Waals surface area contributed by atoms with Crippen LogP contribution in [0.25, 0.3) is 0 Å². The first kappa shape index (κ1) is 18.3. The lowest BCUT2D eigenvalue weighted by atomic mass is 9.87. The van der Waals surface area contributed by atoms with Crippen molar-refractivity contribution in [3.63, 3.8) is 0 Å². The van der Waals surface area contributed by atoms with Gasteiger partial charge in [-0.05, 0) is 31.5 Å². The molecule has 1 aromatic heterocycles. The molecule has 0 unspecified atom stereocenters. The van der Waals surface area contributed by atoms with Crippen molar-refractivity contribution in [1.29, 1.82) is 0 Å². The molecule has 1 aromatic carbocycles. The number of hydrogen-bond donors (Lipinski definition) is 2. The van der Waals surface area contributed by atoms with Gasteiger partial charge in [0.05, 0.1) is 11.7 Å². The number of rotatable bonds is 6. The number of H-pyrrole nitrogens is 1. The molecule has 2 heterocycles. The number of benzene rings is 1. The second kappa shape index (κ2) is 7.78. The van der Waals surface area contributed by atoms with Gasteiger partial charge in [-0.25, -0.2) is 4.98 Å². The quantitative estimate of drug-likeness (QED) is 0.462. The van der Waals surface area contributed by atoms with Crippen LogP contribution in [0.1, 0.15) is 37.3 Å². The van der Waals surface area contributed by atoms with E-state index in [9.17, 15) is 9.59 Å². The summed E-state index contributed by atoms with van der Waals surface area (Å²) in [6.45, 7) is 7.58. The van der Waals surface area contributed by atoms with Crippen LogP contribution in [-0.4, -0.2) is 27.7 Å². The van der Waals surface area contributed by atoms with Crippen LogP contribution in [0.15, 0.2) is 46.9 Å². The van der Waals surface area contributed by atoms with Gasteiger partial charge >= 0.3 is 0 Å². The number of thioether (sulfide) groups is 1. The average Bonchev–Trinajstić information content (AvgIpc) is 2.59. The van der Waals surface area contributed by atoms with E-state index in [-0.39, 0.29) is 29.9 Å². The van der Waals surface area contributed by atoms with Crippen molar-refractivity contribution >= 4 is 23.5 Å². The van der Waals surface area contributed by atoms with E-state index < -0.39 is 0 Å². The van der Waals surface area contributed by atoms with Crippen LogP contribution >= 0.6 is 11.8 Å². The third-order valence-electron chi connectivity index (χ3n) is 3.92. The Balaban J connectivity index is 1.96. The minimum atomic E-state index is -0.332. The first-order valence-electron chi connectivity index (χ1n) is 8.42. The Morgan fingerprint density at radius 3 is 2.73 bits per heavy atom. The number of hydrogen-bond acceptors (Lipinski definition) is 5. The smallest absolute Gasteiger partial charge is 0.257 e. The zero-order chi connectivity index (χ0) is 18.7. The van der Waals surface area contributed by atoms with Crippen molar-refractivity contribution in [2.75, 3.05) is 11.1 Å². The minimum Gasteiger partial charge on any atom is -0.491 e. The highest BCUT2D eigenvalue weighted by Crippen LogP contribution is 2.35. The van der Waals surface area contributed by atoms with Crippen LogP contribution in [0.2, 0.25) is 0 Å². The van der Waals surface area contributed by atoms with Gasteiger partial charge in [0.1, 0.15) is 11.6 Å². The molecule has 6 nitrogen and oxygen atoms in total. The molecular formula is C19H21N3O3S. The van der Waals surface area contributed by atoms with Gasteiger partial charge in [-0.3, -0.25) is 9.59 Å². The van der Waals surface area contributed by atoms with Gasteiger partial charge in [0, 0.05) is 18.1 Å². The summed E-state index contributed by atoms with van der Waals surface area (Å²) < 4.78 is 5.65. The molecule has 1 aliphatic heterocycles. The lowest BCUT2D eigenvalue weighted by Gasteiger charge is -2.24. The summed E-state index contributed by atoms with van der Waals surface area (Å²) in [4.78, 5) is 32.0. The fraction of sp³-hybridized carbons (Fsp3) is 0.316. The number of carbonyl (C=O) groups excluding carboxylic acids is 1. The Morgan fingerprint density at radius 1 is 1.35 bits per heavy atom. The van der Waals surface area contributed by atoms with E-state index in [0.29, 0.717) is 22.3 Å². The topological polar surface area (TPSA) is 84.1 Å². The Labute approximate surface area is 156 Å². The zero-order valence-electron chi connectivity index (χ0n) is 14.7. The van der Waals surface area contributed by atoms with Crippen molar-refractivity contribution in [3.8, 4) is 5.75 Å². The van der Waals surface area contributed by atoms with E-state index in [1.807, 2.05) is 38.1 Å². The van der Waals surface area contributed by atoms with Gasteiger partial charge in [-0.2, -0.15) is 0 Å². The van der Waals surface area contributed by atoms with E-state index in [1.54, 1.807) is 6.08 Å². The number of aromatic amines is 1. The number of aromatic nitrogens is 2. The first-order valence-corrected chi connectivity index (χ1v) is 9.41. The average molecular weight is 371 g/mol. The fourth-order valence-corrected chi connectivity index (χ4v) is 3.49. The van der Waals surface area contributed by atoms with E-state index in [1.165, 1.54) is 11.8 Å². The van der Waals surface area contributed by atoms with Crippen molar-refractivity contribution in [2.24, 2.45) is 0 Å². The van der Waals surface area contributed by atoms with Crippen molar-refractivity contribution in [2.45, 2.75) is 37.4 Å². The van der Waals surface area contributed by atoms with Crippen molar-refractivity contribution < 1.29 is 9.53 Å². The van der Waals surface area contributed by atoms with Gasteiger partial charge in [0.25, 0.3) is 5.56 Å². The maximum absolute atomic E-state index is 12.6. The van der Waals surface area contributed by atoms with Gasteiger partial charge in [-0.1, -0.05) is 30.0 Å². The summed E-state index contributed by atoms with van der Waals surface area (Å²) in [5.41, 5.74) is 1.15. The lowest BCUT2D eigenvalue weighted by molar-refractivity contribution is -0.116. The molecule has 0 bridgehead atoms. The second-order valence-corrected chi connectivity index (χ2v) is 7.28. The number of anilines is 1. The van der Waals surface area contributed by atoms with Crippen molar-refractivity contribution in [3.05, 3.63) is 58.4 Å². The second-order valence-electron chi connectivity index (χ2n) is 6.27. The SMILES string of the molecule is C=CCSc1nc2c(c(=O)[nH]1)[C@@H](c1ccc(OC(C)C)cc1)CC(=O)N2.